The SMILES string of the molecule is CNc1nc(NC2CCCCC2C)nc(N(C)C)n1. The van der Waals surface area contributed by atoms with E-state index in [1.165, 1.54) is 25.7 Å². The number of nitrogens with zero attached hydrogens (tertiary/aromatic N) is 4. The van der Waals surface area contributed by atoms with Gasteiger partial charge in [-0.3, -0.25) is 0 Å². The van der Waals surface area contributed by atoms with Crippen LogP contribution in [0.2, 0.25) is 0 Å². The fourth-order valence-electron chi connectivity index (χ4n) is 2.44. The van der Waals surface area contributed by atoms with E-state index in [1.807, 2.05) is 26.0 Å². The van der Waals surface area contributed by atoms with E-state index in [4.69, 9.17) is 0 Å². The van der Waals surface area contributed by atoms with E-state index >= 15 is 0 Å². The normalized spacial score (nSPS) is 22.9. The lowest BCUT2D eigenvalue weighted by Gasteiger charge is -2.29. The van der Waals surface area contributed by atoms with Crippen LogP contribution in [0.3, 0.4) is 0 Å². The zero-order valence-electron chi connectivity index (χ0n) is 12.3. The van der Waals surface area contributed by atoms with E-state index in [0.29, 0.717) is 29.8 Å². The second-order valence-electron chi connectivity index (χ2n) is 5.44. The lowest BCUT2D eigenvalue weighted by Crippen LogP contribution is -2.31. The summed E-state index contributed by atoms with van der Waals surface area (Å²) in [5, 5.41) is 6.45. The van der Waals surface area contributed by atoms with Gasteiger partial charge in [0.25, 0.3) is 0 Å². The van der Waals surface area contributed by atoms with E-state index < -0.39 is 0 Å². The van der Waals surface area contributed by atoms with Gasteiger partial charge >= 0.3 is 0 Å². The van der Waals surface area contributed by atoms with Gasteiger partial charge in [-0.05, 0) is 18.8 Å². The van der Waals surface area contributed by atoms with E-state index in [2.05, 4.69) is 32.5 Å². The van der Waals surface area contributed by atoms with Gasteiger partial charge in [-0.25, -0.2) is 0 Å². The molecule has 2 unspecified atom stereocenters. The Bertz CT molecular complexity index is 420. The number of nitrogens with one attached hydrogen (secondary N) is 2. The summed E-state index contributed by atoms with van der Waals surface area (Å²) < 4.78 is 0. The van der Waals surface area contributed by atoms with Crippen LogP contribution in [0.4, 0.5) is 17.8 Å². The molecule has 1 saturated carbocycles. The summed E-state index contributed by atoms with van der Waals surface area (Å²) in [5.74, 6) is 2.61. The molecule has 0 bridgehead atoms. The number of hydrogen-bond donors (Lipinski definition) is 2. The minimum absolute atomic E-state index is 0.468. The zero-order chi connectivity index (χ0) is 13.8. The highest BCUT2D eigenvalue weighted by Crippen LogP contribution is 2.26. The van der Waals surface area contributed by atoms with Crippen LogP contribution in [0, 0.1) is 5.92 Å². The summed E-state index contributed by atoms with van der Waals surface area (Å²) in [6.45, 7) is 2.30. The Labute approximate surface area is 115 Å². The first-order valence-electron chi connectivity index (χ1n) is 6.98. The fourth-order valence-corrected chi connectivity index (χ4v) is 2.44. The summed E-state index contributed by atoms with van der Waals surface area (Å²) in [5.41, 5.74) is 0. The summed E-state index contributed by atoms with van der Waals surface area (Å²) in [4.78, 5) is 15.1. The van der Waals surface area contributed by atoms with Crippen molar-refractivity contribution in [3.8, 4) is 0 Å². The highest BCUT2D eigenvalue weighted by Gasteiger charge is 2.22. The Morgan fingerprint density at radius 1 is 1.05 bits per heavy atom. The third-order valence-electron chi connectivity index (χ3n) is 3.67. The number of rotatable bonds is 4. The van der Waals surface area contributed by atoms with Crippen LogP contribution in [-0.2, 0) is 0 Å². The average Bonchev–Trinajstić information content (AvgIpc) is 2.41. The van der Waals surface area contributed by atoms with Crippen molar-refractivity contribution in [2.45, 2.75) is 38.6 Å². The molecule has 1 aliphatic rings. The molecule has 2 rings (SSSR count). The van der Waals surface area contributed by atoms with Crippen LogP contribution in [0.1, 0.15) is 32.6 Å². The predicted molar refractivity (Wildman–Crippen MR) is 78.7 cm³/mol. The minimum atomic E-state index is 0.468. The maximum atomic E-state index is 4.46. The highest BCUT2D eigenvalue weighted by atomic mass is 15.3. The average molecular weight is 264 g/mol. The van der Waals surface area contributed by atoms with Gasteiger partial charge in [-0.2, -0.15) is 15.0 Å². The molecular weight excluding hydrogens is 240 g/mol. The molecule has 0 amide bonds. The van der Waals surface area contributed by atoms with E-state index in [-0.39, 0.29) is 0 Å². The maximum absolute atomic E-state index is 4.46. The van der Waals surface area contributed by atoms with Crippen molar-refractivity contribution in [1.82, 2.24) is 15.0 Å². The zero-order valence-corrected chi connectivity index (χ0v) is 12.3. The van der Waals surface area contributed by atoms with Crippen molar-refractivity contribution < 1.29 is 0 Å². The van der Waals surface area contributed by atoms with Crippen LogP contribution in [-0.4, -0.2) is 42.1 Å². The predicted octanol–water partition coefficient (Wildman–Crippen LogP) is 1.97. The third kappa shape index (κ3) is 3.45. The van der Waals surface area contributed by atoms with Gasteiger partial charge in [0.15, 0.2) is 0 Å². The Morgan fingerprint density at radius 2 is 1.74 bits per heavy atom. The molecule has 1 heterocycles. The smallest absolute Gasteiger partial charge is 0.231 e. The molecule has 6 heteroatoms. The molecule has 0 aliphatic heterocycles. The quantitative estimate of drug-likeness (QED) is 0.866. The van der Waals surface area contributed by atoms with E-state index in [1.54, 1.807) is 0 Å². The Balaban J connectivity index is 2.16. The summed E-state index contributed by atoms with van der Waals surface area (Å²) in [7, 11) is 5.69. The van der Waals surface area contributed by atoms with Gasteiger partial charge < -0.3 is 15.5 Å². The van der Waals surface area contributed by atoms with Gasteiger partial charge in [0, 0.05) is 27.2 Å². The monoisotopic (exact) mass is 264 g/mol. The van der Waals surface area contributed by atoms with Crippen LogP contribution in [0.25, 0.3) is 0 Å². The second-order valence-corrected chi connectivity index (χ2v) is 5.44. The summed E-state index contributed by atoms with van der Waals surface area (Å²) in [6.07, 6.45) is 5.09. The van der Waals surface area contributed by atoms with Gasteiger partial charge in [0.1, 0.15) is 0 Å². The minimum Gasteiger partial charge on any atom is -0.357 e. The molecule has 0 saturated heterocycles. The van der Waals surface area contributed by atoms with Crippen molar-refractivity contribution in [2.75, 3.05) is 36.7 Å². The Kier molecular flexibility index (Phi) is 4.39. The lowest BCUT2D eigenvalue weighted by atomic mass is 9.86. The first kappa shape index (κ1) is 13.8. The van der Waals surface area contributed by atoms with Gasteiger partial charge in [0.2, 0.25) is 17.8 Å². The molecule has 1 fully saturated rings. The van der Waals surface area contributed by atoms with Crippen molar-refractivity contribution in [2.24, 2.45) is 5.92 Å². The van der Waals surface area contributed by atoms with Gasteiger partial charge in [-0.15, -0.1) is 0 Å². The maximum Gasteiger partial charge on any atom is 0.231 e. The van der Waals surface area contributed by atoms with Crippen LogP contribution in [0.5, 0.6) is 0 Å². The molecule has 19 heavy (non-hydrogen) atoms. The highest BCUT2D eigenvalue weighted by molar-refractivity contribution is 5.43. The van der Waals surface area contributed by atoms with Gasteiger partial charge in [0.05, 0.1) is 0 Å². The van der Waals surface area contributed by atoms with Crippen LogP contribution >= 0.6 is 0 Å². The van der Waals surface area contributed by atoms with Crippen molar-refractivity contribution in [1.29, 1.82) is 0 Å². The molecule has 6 nitrogen and oxygen atoms in total. The summed E-state index contributed by atoms with van der Waals surface area (Å²) >= 11 is 0. The molecule has 1 aromatic rings. The molecule has 2 N–H and O–H groups in total. The molecule has 1 aliphatic carbocycles. The van der Waals surface area contributed by atoms with Crippen molar-refractivity contribution in [3.05, 3.63) is 0 Å². The number of aromatic nitrogens is 3. The van der Waals surface area contributed by atoms with Gasteiger partial charge in [-0.1, -0.05) is 19.8 Å². The molecule has 106 valence electrons. The molecule has 1 aromatic heterocycles. The van der Waals surface area contributed by atoms with Crippen LogP contribution < -0.4 is 15.5 Å². The van der Waals surface area contributed by atoms with E-state index in [9.17, 15) is 0 Å². The van der Waals surface area contributed by atoms with E-state index in [0.717, 1.165) is 0 Å². The first-order chi connectivity index (χ1) is 9.10. The van der Waals surface area contributed by atoms with Crippen molar-refractivity contribution >= 4 is 17.8 Å². The lowest BCUT2D eigenvalue weighted by molar-refractivity contribution is 0.348. The molecular formula is C13H24N6. The standard InChI is InChI=1S/C13H24N6/c1-9-7-5-6-8-10(9)15-12-16-11(14-2)17-13(18-12)19(3)4/h9-10H,5-8H2,1-4H3,(H2,14,15,16,17,18). The molecule has 0 radical (unpaired) electrons. The largest absolute Gasteiger partial charge is 0.357 e. The summed E-state index contributed by atoms with van der Waals surface area (Å²) in [6, 6.07) is 0.468. The second kappa shape index (κ2) is 6.04. The van der Waals surface area contributed by atoms with Crippen molar-refractivity contribution in [3.63, 3.8) is 0 Å². The number of hydrogen-bond acceptors (Lipinski definition) is 6. The molecule has 0 spiro atoms. The third-order valence-corrected chi connectivity index (χ3v) is 3.67. The molecule has 2 atom stereocenters. The fraction of sp³-hybridized carbons (Fsp3) is 0.769. The Hall–Kier alpha value is -1.59. The van der Waals surface area contributed by atoms with Crippen LogP contribution in [0.15, 0.2) is 0 Å². The molecule has 0 aromatic carbocycles. The first-order valence-corrected chi connectivity index (χ1v) is 6.98. The Morgan fingerprint density at radius 3 is 2.37 bits per heavy atom. The number of anilines is 3. The topological polar surface area (TPSA) is 66.0 Å².